The molecular weight excluding hydrogens is 416 g/mol. The third-order valence-corrected chi connectivity index (χ3v) is 6.83. The SMILES string of the molecule is CCOc1ccc(S(=O)(=O)NCCC(=O)N2CCC(C(=O)c3ccccc3)CC2)cc1. The van der Waals surface area contributed by atoms with Crippen molar-refractivity contribution in [3.63, 3.8) is 0 Å². The van der Waals surface area contributed by atoms with Gasteiger partial charge in [0, 0.05) is 37.5 Å². The minimum atomic E-state index is -3.69. The fourth-order valence-corrected chi connectivity index (χ4v) is 4.68. The van der Waals surface area contributed by atoms with Crippen LogP contribution in [0, 0.1) is 5.92 Å². The molecule has 2 aromatic rings. The van der Waals surface area contributed by atoms with Gasteiger partial charge in [-0.2, -0.15) is 0 Å². The van der Waals surface area contributed by atoms with Gasteiger partial charge in [0.2, 0.25) is 15.9 Å². The first-order valence-electron chi connectivity index (χ1n) is 10.5. The van der Waals surface area contributed by atoms with E-state index < -0.39 is 10.0 Å². The van der Waals surface area contributed by atoms with E-state index in [9.17, 15) is 18.0 Å². The second-order valence-electron chi connectivity index (χ2n) is 7.44. The molecule has 0 unspecified atom stereocenters. The first-order valence-corrected chi connectivity index (χ1v) is 12.0. The molecule has 1 aliphatic rings. The number of likely N-dealkylation sites (tertiary alicyclic amines) is 1. The molecule has 0 aromatic heterocycles. The molecule has 0 spiro atoms. The van der Waals surface area contributed by atoms with Gasteiger partial charge < -0.3 is 9.64 Å². The molecule has 1 N–H and O–H groups in total. The molecule has 166 valence electrons. The molecule has 0 saturated carbocycles. The predicted molar refractivity (Wildman–Crippen MR) is 117 cm³/mol. The number of nitrogens with zero attached hydrogens (tertiary/aromatic N) is 1. The van der Waals surface area contributed by atoms with Gasteiger partial charge in [0.25, 0.3) is 0 Å². The van der Waals surface area contributed by atoms with Crippen LogP contribution in [-0.2, 0) is 14.8 Å². The summed E-state index contributed by atoms with van der Waals surface area (Å²) in [5, 5.41) is 0. The van der Waals surface area contributed by atoms with Crippen molar-refractivity contribution in [2.45, 2.75) is 31.1 Å². The van der Waals surface area contributed by atoms with Gasteiger partial charge in [-0.3, -0.25) is 9.59 Å². The summed E-state index contributed by atoms with van der Waals surface area (Å²) in [6.07, 6.45) is 1.32. The zero-order chi connectivity index (χ0) is 22.3. The Bertz CT molecular complexity index is 982. The van der Waals surface area contributed by atoms with Crippen molar-refractivity contribution >= 4 is 21.7 Å². The number of piperidine rings is 1. The van der Waals surface area contributed by atoms with Crippen LogP contribution in [-0.4, -0.2) is 51.2 Å². The van der Waals surface area contributed by atoms with E-state index in [-0.39, 0.29) is 35.5 Å². The Balaban J connectivity index is 1.44. The fraction of sp³-hybridized carbons (Fsp3) is 0.391. The molecule has 1 saturated heterocycles. The standard InChI is InChI=1S/C23H28N2O5S/c1-2-30-20-8-10-21(11-9-20)31(28,29)24-15-12-22(26)25-16-13-19(14-17-25)23(27)18-6-4-3-5-7-18/h3-11,19,24H,2,12-17H2,1H3. The molecule has 0 aliphatic carbocycles. The van der Waals surface area contributed by atoms with E-state index in [2.05, 4.69) is 4.72 Å². The lowest BCUT2D eigenvalue weighted by molar-refractivity contribution is -0.132. The summed E-state index contributed by atoms with van der Waals surface area (Å²) in [5.41, 5.74) is 0.705. The number of amides is 1. The van der Waals surface area contributed by atoms with Crippen molar-refractivity contribution in [2.24, 2.45) is 5.92 Å². The largest absolute Gasteiger partial charge is 0.494 e. The molecule has 0 atom stereocenters. The number of carbonyl (C=O) groups is 2. The maximum atomic E-state index is 12.6. The van der Waals surface area contributed by atoms with Crippen LogP contribution in [0.3, 0.4) is 0 Å². The first kappa shape index (κ1) is 23.0. The Morgan fingerprint density at radius 3 is 2.29 bits per heavy atom. The smallest absolute Gasteiger partial charge is 0.240 e. The molecule has 7 nitrogen and oxygen atoms in total. The molecule has 1 amide bonds. The van der Waals surface area contributed by atoms with Gasteiger partial charge >= 0.3 is 0 Å². The van der Waals surface area contributed by atoms with Gasteiger partial charge in [-0.15, -0.1) is 0 Å². The number of ketones is 1. The lowest BCUT2D eigenvalue weighted by atomic mass is 9.89. The highest BCUT2D eigenvalue weighted by Crippen LogP contribution is 2.22. The number of sulfonamides is 1. The van der Waals surface area contributed by atoms with Crippen LogP contribution < -0.4 is 9.46 Å². The quantitative estimate of drug-likeness (QED) is 0.601. The summed E-state index contributed by atoms with van der Waals surface area (Å²) < 4.78 is 32.6. The van der Waals surface area contributed by atoms with E-state index >= 15 is 0 Å². The highest BCUT2D eigenvalue weighted by atomic mass is 32.2. The third-order valence-electron chi connectivity index (χ3n) is 5.35. The van der Waals surface area contributed by atoms with Crippen LogP contribution in [0.1, 0.15) is 36.5 Å². The van der Waals surface area contributed by atoms with E-state index in [0.29, 0.717) is 43.9 Å². The molecule has 31 heavy (non-hydrogen) atoms. The highest BCUT2D eigenvalue weighted by Gasteiger charge is 2.27. The molecular formula is C23H28N2O5S. The predicted octanol–water partition coefficient (Wildman–Crippen LogP) is 2.88. The maximum absolute atomic E-state index is 12.6. The molecule has 1 aliphatic heterocycles. The van der Waals surface area contributed by atoms with Crippen molar-refractivity contribution in [1.29, 1.82) is 0 Å². The van der Waals surface area contributed by atoms with E-state index in [4.69, 9.17) is 4.74 Å². The minimum Gasteiger partial charge on any atom is -0.494 e. The van der Waals surface area contributed by atoms with E-state index in [0.717, 1.165) is 0 Å². The monoisotopic (exact) mass is 444 g/mol. The van der Waals surface area contributed by atoms with Gasteiger partial charge in [-0.1, -0.05) is 30.3 Å². The van der Waals surface area contributed by atoms with Crippen LogP contribution >= 0.6 is 0 Å². The number of benzene rings is 2. The summed E-state index contributed by atoms with van der Waals surface area (Å²) in [7, 11) is -3.69. The summed E-state index contributed by atoms with van der Waals surface area (Å²) in [4.78, 5) is 26.9. The number of nitrogens with one attached hydrogen (secondary N) is 1. The number of hydrogen-bond acceptors (Lipinski definition) is 5. The molecule has 1 fully saturated rings. The van der Waals surface area contributed by atoms with Crippen molar-refractivity contribution in [1.82, 2.24) is 9.62 Å². The Kier molecular flexibility index (Phi) is 7.81. The van der Waals surface area contributed by atoms with Crippen molar-refractivity contribution < 1.29 is 22.7 Å². The summed E-state index contributed by atoms with van der Waals surface area (Å²) in [5.74, 6) is 0.534. The first-order chi connectivity index (χ1) is 14.9. The second-order valence-corrected chi connectivity index (χ2v) is 9.20. The van der Waals surface area contributed by atoms with Crippen LogP contribution in [0.15, 0.2) is 59.5 Å². The highest BCUT2D eigenvalue weighted by molar-refractivity contribution is 7.89. The Labute approximate surface area is 183 Å². The number of Topliss-reactive ketones (excluding diaryl/α,β-unsaturated/α-hetero) is 1. The van der Waals surface area contributed by atoms with Crippen LogP contribution in [0.25, 0.3) is 0 Å². The number of rotatable bonds is 9. The van der Waals surface area contributed by atoms with Crippen molar-refractivity contribution in [3.05, 3.63) is 60.2 Å². The molecule has 2 aromatic carbocycles. The average molecular weight is 445 g/mol. The van der Waals surface area contributed by atoms with Gasteiger partial charge in [-0.05, 0) is 44.0 Å². The molecule has 1 heterocycles. The lowest BCUT2D eigenvalue weighted by Crippen LogP contribution is -2.41. The Hall–Kier alpha value is -2.71. The van der Waals surface area contributed by atoms with E-state index in [1.807, 2.05) is 37.3 Å². The summed E-state index contributed by atoms with van der Waals surface area (Å²) in [6, 6.07) is 15.4. The van der Waals surface area contributed by atoms with Crippen LogP contribution in [0.2, 0.25) is 0 Å². The molecule has 0 radical (unpaired) electrons. The summed E-state index contributed by atoms with van der Waals surface area (Å²) in [6.45, 7) is 3.40. The van der Waals surface area contributed by atoms with Crippen LogP contribution in [0.4, 0.5) is 0 Å². The Morgan fingerprint density at radius 1 is 1.03 bits per heavy atom. The molecule has 3 rings (SSSR count). The normalized spacial score (nSPS) is 14.9. The van der Waals surface area contributed by atoms with Crippen molar-refractivity contribution in [2.75, 3.05) is 26.2 Å². The second kappa shape index (κ2) is 10.5. The van der Waals surface area contributed by atoms with Gasteiger partial charge in [0.15, 0.2) is 5.78 Å². The number of hydrogen-bond donors (Lipinski definition) is 1. The number of ether oxygens (including phenoxy) is 1. The average Bonchev–Trinajstić information content (AvgIpc) is 2.80. The minimum absolute atomic E-state index is 0.0251. The lowest BCUT2D eigenvalue weighted by Gasteiger charge is -2.31. The molecule has 0 bridgehead atoms. The van der Waals surface area contributed by atoms with Crippen LogP contribution in [0.5, 0.6) is 5.75 Å². The molecule has 8 heteroatoms. The van der Waals surface area contributed by atoms with Gasteiger partial charge in [0.1, 0.15) is 5.75 Å². The maximum Gasteiger partial charge on any atom is 0.240 e. The summed E-state index contributed by atoms with van der Waals surface area (Å²) >= 11 is 0. The van der Waals surface area contributed by atoms with E-state index in [1.54, 1.807) is 17.0 Å². The topological polar surface area (TPSA) is 92.8 Å². The van der Waals surface area contributed by atoms with Gasteiger partial charge in [0.05, 0.1) is 11.5 Å². The van der Waals surface area contributed by atoms with E-state index in [1.165, 1.54) is 12.1 Å². The van der Waals surface area contributed by atoms with Crippen molar-refractivity contribution in [3.8, 4) is 5.75 Å². The zero-order valence-electron chi connectivity index (χ0n) is 17.6. The Morgan fingerprint density at radius 2 is 1.68 bits per heavy atom. The number of carbonyl (C=O) groups excluding carboxylic acids is 2. The van der Waals surface area contributed by atoms with Gasteiger partial charge in [-0.25, -0.2) is 13.1 Å². The fourth-order valence-electron chi connectivity index (χ4n) is 3.64. The third kappa shape index (κ3) is 6.15. The zero-order valence-corrected chi connectivity index (χ0v) is 18.4.